The van der Waals surface area contributed by atoms with E-state index in [0.717, 1.165) is 6.54 Å². The minimum absolute atomic E-state index is 0.270. The van der Waals surface area contributed by atoms with Crippen LogP contribution in [0, 0.1) is 0 Å². The molecule has 1 aliphatic rings. The average Bonchev–Trinajstić information content (AvgIpc) is 2.53. The van der Waals surface area contributed by atoms with Gasteiger partial charge in [-0.25, -0.2) is 0 Å². The molecular formula is C19H32N2. The lowest BCUT2D eigenvalue weighted by Crippen LogP contribution is -2.62. The molecule has 1 heterocycles. The quantitative estimate of drug-likeness (QED) is 0.855. The Kier molecular flexibility index (Phi) is 5.83. The van der Waals surface area contributed by atoms with Gasteiger partial charge < -0.3 is 5.32 Å². The lowest BCUT2D eigenvalue weighted by molar-refractivity contribution is 0.0230. The van der Waals surface area contributed by atoms with Crippen LogP contribution in [0.4, 0.5) is 0 Å². The first-order valence-electron chi connectivity index (χ1n) is 8.61. The van der Waals surface area contributed by atoms with Crippen LogP contribution in [0.1, 0.15) is 52.5 Å². The van der Waals surface area contributed by atoms with E-state index >= 15 is 0 Å². The van der Waals surface area contributed by atoms with Gasteiger partial charge in [-0.3, -0.25) is 4.90 Å². The van der Waals surface area contributed by atoms with Crippen molar-refractivity contribution in [2.45, 2.75) is 71.0 Å². The van der Waals surface area contributed by atoms with Gasteiger partial charge in [0.05, 0.1) is 0 Å². The minimum Gasteiger partial charge on any atom is -0.311 e. The average molecular weight is 288 g/mol. The summed E-state index contributed by atoms with van der Waals surface area (Å²) in [5.74, 6) is 0. The highest BCUT2D eigenvalue weighted by Gasteiger charge is 2.35. The second kappa shape index (κ2) is 7.42. The van der Waals surface area contributed by atoms with Crippen LogP contribution in [0.25, 0.3) is 0 Å². The molecule has 1 saturated heterocycles. The van der Waals surface area contributed by atoms with Gasteiger partial charge in [0.1, 0.15) is 0 Å². The molecule has 0 bridgehead atoms. The first-order valence-corrected chi connectivity index (χ1v) is 8.61. The smallest absolute Gasteiger partial charge is 0.0224 e. The first kappa shape index (κ1) is 16.5. The number of hydrogen-bond acceptors (Lipinski definition) is 2. The van der Waals surface area contributed by atoms with E-state index in [-0.39, 0.29) is 5.54 Å². The predicted octanol–water partition coefficient (Wildman–Crippen LogP) is 3.86. The summed E-state index contributed by atoms with van der Waals surface area (Å²) in [4.78, 5) is 2.76. The molecule has 1 aromatic rings. The third kappa shape index (κ3) is 4.31. The molecular weight excluding hydrogens is 256 g/mol. The van der Waals surface area contributed by atoms with E-state index in [0.29, 0.717) is 12.1 Å². The van der Waals surface area contributed by atoms with Gasteiger partial charge in [-0.1, -0.05) is 44.2 Å². The summed E-state index contributed by atoms with van der Waals surface area (Å²) in [5.41, 5.74) is 1.73. The van der Waals surface area contributed by atoms with E-state index in [1.807, 2.05) is 0 Å². The van der Waals surface area contributed by atoms with Crippen molar-refractivity contribution in [3.63, 3.8) is 0 Å². The van der Waals surface area contributed by atoms with E-state index < -0.39 is 0 Å². The van der Waals surface area contributed by atoms with E-state index in [1.54, 1.807) is 0 Å². The Morgan fingerprint density at radius 1 is 1.14 bits per heavy atom. The third-order valence-electron chi connectivity index (χ3n) is 5.11. The maximum Gasteiger partial charge on any atom is 0.0224 e. The van der Waals surface area contributed by atoms with Crippen molar-refractivity contribution >= 4 is 0 Å². The first-order chi connectivity index (χ1) is 10.1. The fourth-order valence-corrected chi connectivity index (χ4v) is 3.48. The van der Waals surface area contributed by atoms with E-state index in [2.05, 4.69) is 68.2 Å². The maximum absolute atomic E-state index is 3.70. The molecule has 0 radical (unpaired) electrons. The number of benzene rings is 1. The van der Waals surface area contributed by atoms with Gasteiger partial charge in [0, 0.05) is 30.7 Å². The molecule has 2 rings (SSSR count). The van der Waals surface area contributed by atoms with Crippen LogP contribution in [-0.4, -0.2) is 35.6 Å². The monoisotopic (exact) mass is 288 g/mol. The van der Waals surface area contributed by atoms with Crippen molar-refractivity contribution in [3.8, 4) is 0 Å². The topological polar surface area (TPSA) is 15.3 Å². The minimum atomic E-state index is 0.270. The van der Waals surface area contributed by atoms with Gasteiger partial charge in [-0.15, -0.1) is 0 Å². The van der Waals surface area contributed by atoms with E-state index in [1.165, 1.54) is 37.8 Å². The molecule has 118 valence electrons. The van der Waals surface area contributed by atoms with Crippen LogP contribution in [0.3, 0.4) is 0 Å². The fourth-order valence-electron chi connectivity index (χ4n) is 3.48. The summed E-state index contributed by atoms with van der Waals surface area (Å²) in [6.07, 6.45) is 4.86. The zero-order valence-corrected chi connectivity index (χ0v) is 14.2. The van der Waals surface area contributed by atoms with Gasteiger partial charge in [0.2, 0.25) is 0 Å². The Bertz CT molecular complexity index is 413. The number of rotatable bonds is 6. The summed E-state index contributed by atoms with van der Waals surface area (Å²) < 4.78 is 0. The molecule has 0 aliphatic carbocycles. The molecule has 0 aromatic heterocycles. The molecule has 2 heteroatoms. The lowest BCUT2D eigenvalue weighted by atomic mass is 9.89. The van der Waals surface area contributed by atoms with Crippen molar-refractivity contribution in [3.05, 3.63) is 35.9 Å². The van der Waals surface area contributed by atoms with Crippen LogP contribution < -0.4 is 5.32 Å². The highest BCUT2D eigenvalue weighted by molar-refractivity contribution is 5.15. The molecule has 2 nitrogen and oxygen atoms in total. The Hall–Kier alpha value is -0.860. The normalized spacial score (nSPS) is 24.2. The van der Waals surface area contributed by atoms with Crippen molar-refractivity contribution in [1.29, 1.82) is 0 Å². The Morgan fingerprint density at radius 3 is 2.48 bits per heavy atom. The Morgan fingerprint density at radius 2 is 1.86 bits per heavy atom. The SMILES string of the molecule is CCC1CN(C(C)(C)CCc2ccccc2)C(CC)CN1. The zero-order chi connectivity index (χ0) is 15.3. The molecule has 1 fully saturated rings. The molecule has 0 saturated carbocycles. The standard InChI is InChI=1S/C19H32N2/c1-5-17-15-21(18(6-2)14-20-17)19(3,4)13-12-16-10-8-7-9-11-16/h7-11,17-18,20H,5-6,12-15H2,1-4H3. The second-order valence-electron chi connectivity index (χ2n) is 7.03. The summed E-state index contributed by atoms with van der Waals surface area (Å²) in [6.45, 7) is 11.8. The van der Waals surface area contributed by atoms with Gasteiger partial charge in [-0.2, -0.15) is 0 Å². The van der Waals surface area contributed by atoms with E-state index in [4.69, 9.17) is 0 Å². The third-order valence-corrected chi connectivity index (χ3v) is 5.11. The van der Waals surface area contributed by atoms with Gasteiger partial charge in [0.15, 0.2) is 0 Å². The Balaban J connectivity index is 2.01. The van der Waals surface area contributed by atoms with Crippen LogP contribution in [-0.2, 0) is 6.42 Å². The summed E-state index contributed by atoms with van der Waals surface area (Å²) >= 11 is 0. The molecule has 0 spiro atoms. The van der Waals surface area contributed by atoms with Crippen molar-refractivity contribution in [2.24, 2.45) is 0 Å². The van der Waals surface area contributed by atoms with Gasteiger partial charge >= 0.3 is 0 Å². The van der Waals surface area contributed by atoms with Crippen molar-refractivity contribution in [1.82, 2.24) is 10.2 Å². The highest BCUT2D eigenvalue weighted by atomic mass is 15.3. The number of nitrogens with one attached hydrogen (secondary N) is 1. The van der Waals surface area contributed by atoms with Crippen LogP contribution in [0.15, 0.2) is 30.3 Å². The summed E-state index contributed by atoms with van der Waals surface area (Å²) in [6, 6.07) is 12.2. The summed E-state index contributed by atoms with van der Waals surface area (Å²) in [5, 5.41) is 3.70. The largest absolute Gasteiger partial charge is 0.311 e. The van der Waals surface area contributed by atoms with Crippen LogP contribution in [0.2, 0.25) is 0 Å². The second-order valence-corrected chi connectivity index (χ2v) is 7.03. The lowest BCUT2D eigenvalue weighted by Gasteiger charge is -2.49. The molecule has 21 heavy (non-hydrogen) atoms. The number of aryl methyl sites for hydroxylation is 1. The molecule has 1 aliphatic heterocycles. The Labute approximate surface area is 130 Å². The predicted molar refractivity (Wildman–Crippen MR) is 91.7 cm³/mol. The maximum atomic E-state index is 3.70. The number of piperazine rings is 1. The van der Waals surface area contributed by atoms with E-state index in [9.17, 15) is 0 Å². The van der Waals surface area contributed by atoms with Crippen molar-refractivity contribution in [2.75, 3.05) is 13.1 Å². The van der Waals surface area contributed by atoms with Crippen molar-refractivity contribution < 1.29 is 0 Å². The highest BCUT2D eigenvalue weighted by Crippen LogP contribution is 2.27. The molecule has 2 unspecified atom stereocenters. The number of hydrogen-bond donors (Lipinski definition) is 1. The molecule has 2 atom stereocenters. The molecule has 1 aromatic carbocycles. The number of nitrogens with zero attached hydrogens (tertiary/aromatic N) is 1. The van der Waals surface area contributed by atoms with Crippen LogP contribution >= 0.6 is 0 Å². The van der Waals surface area contributed by atoms with Crippen LogP contribution in [0.5, 0.6) is 0 Å². The molecule has 1 N–H and O–H groups in total. The van der Waals surface area contributed by atoms with Gasteiger partial charge in [0.25, 0.3) is 0 Å². The summed E-state index contributed by atoms with van der Waals surface area (Å²) in [7, 11) is 0. The zero-order valence-electron chi connectivity index (χ0n) is 14.2. The van der Waals surface area contributed by atoms with Gasteiger partial charge in [-0.05, 0) is 45.1 Å². The fraction of sp³-hybridized carbons (Fsp3) is 0.684. The molecule has 0 amide bonds.